The van der Waals surface area contributed by atoms with Crippen molar-refractivity contribution in [1.82, 2.24) is 4.90 Å². The van der Waals surface area contributed by atoms with Crippen LogP contribution in [0.3, 0.4) is 0 Å². The van der Waals surface area contributed by atoms with Gasteiger partial charge in [-0.3, -0.25) is 0 Å². The second-order valence-electron chi connectivity index (χ2n) is 4.20. The molecule has 0 bridgehead atoms. The monoisotopic (exact) mass is 235 g/mol. The molecular formula is C12H26ClNO. The Kier molecular flexibility index (Phi) is 8.49. The molecule has 0 aliphatic carbocycles. The van der Waals surface area contributed by atoms with Crippen LogP contribution >= 0.6 is 11.6 Å². The summed E-state index contributed by atoms with van der Waals surface area (Å²) in [7, 11) is 0. The maximum Gasteiger partial charge on any atom is 0.0527 e. The van der Waals surface area contributed by atoms with Crippen LogP contribution in [0.2, 0.25) is 0 Å². The zero-order chi connectivity index (χ0) is 11.8. The van der Waals surface area contributed by atoms with Crippen LogP contribution in [0.5, 0.6) is 0 Å². The Morgan fingerprint density at radius 3 is 2.00 bits per heavy atom. The molecular weight excluding hydrogens is 210 g/mol. The first kappa shape index (κ1) is 15.2. The van der Waals surface area contributed by atoms with Gasteiger partial charge in [-0.1, -0.05) is 20.8 Å². The Balaban J connectivity index is 4.27. The lowest BCUT2D eigenvalue weighted by Gasteiger charge is -2.31. The number of aliphatic hydroxyl groups is 1. The van der Waals surface area contributed by atoms with Gasteiger partial charge >= 0.3 is 0 Å². The number of rotatable bonds is 8. The molecule has 0 aliphatic heterocycles. The minimum atomic E-state index is -0.240. The average molecular weight is 236 g/mol. The third-order valence-electron chi connectivity index (χ3n) is 2.91. The van der Waals surface area contributed by atoms with Gasteiger partial charge in [-0.15, -0.1) is 11.6 Å². The second-order valence-corrected chi connectivity index (χ2v) is 4.82. The maximum atomic E-state index is 9.48. The fourth-order valence-corrected chi connectivity index (χ4v) is 2.20. The predicted octanol–water partition coefficient (Wildman–Crippen LogP) is 2.88. The van der Waals surface area contributed by atoms with Crippen molar-refractivity contribution in [2.45, 2.75) is 64.5 Å². The minimum Gasteiger partial charge on any atom is -0.393 e. The summed E-state index contributed by atoms with van der Waals surface area (Å²) in [5.74, 6) is 0. The van der Waals surface area contributed by atoms with Crippen molar-refractivity contribution >= 4 is 11.6 Å². The van der Waals surface area contributed by atoms with Gasteiger partial charge in [0, 0.05) is 11.4 Å². The number of aliphatic hydroxyl groups excluding tert-OH is 1. The first-order valence-electron chi connectivity index (χ1n) is 6.11. The van der Waals surface area contributed by atoms with Crippen molar-refractivity contribution in [3.63, 3.8) is 0 Å². The van der Waals surface area contributed by atoms with Crippen LogP contribution in [0.15, 0.2) is 0 Å². The molecule has 15 heavy (non-hydrogen) atoms. The molecule has 0 aliphatic rings. The Bertz CT molecular complexity index is 149. The van der Waals surface area contributed by atoms with Crippen LogP contribution in [-0.2, 0) is 0 Å². The van der Waals surface area contributed by atoms with Crippen LogP contribution < -0.4 is 0 Å². The van der Waals surface area contributed by atoms with Gasteiger partial charge in [-0.05, 0) is 39.3 Å². The topological polar surface area (TPSA) is 23.5 Å². The molecule has 0 saturated carbocycles. The third kappa shape index (κ3) is 6.39. The highest BCUT2D eigenvalue weighted by atomic mass is 35.5. The van der Waals surface area contributed by atoms with E-state index in [1.807, 2.05) is 6.92 Å². The molecule has 0 saturated heterocycles. The molecule has 0 aromatic heterocycles. The predicted molar refractivity (Wildman–Crippen MR) is 67.6 cm³/mol. The molecule has 0 aromatic rings. The van der Waals surface area contributed by atoms with Crippen molar-refractivity contribution < 1.29 is 5.11 Å². The maximum absolute atomic E-state index is 9.48. The number of hydrogen-bond acceptors (Lipinski definition) is 2. The Morgan fingerprint density at radius 1 is 1.13 bits per heavy atom. The van der Waals surface area contributed by atoms with Crippen molar-refractivity contribution in [1.29, 1.82) is 0 Å². The van der Waals surface area contributed by atoms with Crippen molar-refractivity contribution in [3.05, 3.63) is 0 Å². The smallest absolute Gasteiger partial charge is 0.0527 e. The molecule has 0 fully saturated rings. The number of nitrogens with zero attached hydrogens (tertiary/aromatic N) is 1. The first-order chi connectivity index (χ1) is 7.04. The highest BCUT2D eigenvalue weighted by Crippen LogP contribution is 2.18. The summed E-state index contributed by atoms with van der Waals surface area (Å²) < 4.78 is 0. The standard InChI is InChI=1S/C12H26ClNO/c1-5-11(13)9-12(8-10(4)15)14(6-2)7-3/h10-12,15H,5-9H2,1-4H3. The molecule has 2 nitrogen and oxygen atoms in total. The van der Waals surface area contributed by atoms with Gasteiger partial charge in [0.25, 0.3) is 0 Å². The van der Waals surface area contributed by atoms with E-state index >= 15 is 0 Å². The molecule has 92 valence electrons. The van der Waals surface area contributed by atoms with E-state index in [1.165, 1.54) is 0 Å². The summed E-state index contributed by atoms with van der Waals surface area (Å²) in [6, 6.07) is 0.419. The molecule has 1 N–H and O–H groups in total. The van der Waals surface area contributed by atoms with Crippen LogP contribution in [0.4, 0.5) is 0 Å². The zero-order valence-corrected chi connectivity index (χ0v) is 11.3. The molecule has 0 radical (unpaired) electrons. The van der Waals surface area contributed by atoms with E-state index in [9.17, 15) is 5.11 Å². The van der Waals surface area contributed by atoms with Crippen molar-refractivity contribution in [2.24, 2.45) is 0 Å². The first-order valence-corrected chi connectivity index (χ1v) is 6.54. The Labute approximate surface area is 99.6 Å². The van der Waals surface area contributed by atoms with Crippen molar-refractivity contribution in [3.8, 4) is 0 Å². The lowest BCUT2D eigenvalue weighted by Crippen LogP contribution is -2.38. The van der Waals surface area contributed by atoms with E-state index in [-0.39, 0.29) is 11.5 Å². The molecule has 0 spiro atoms. The largest absolute Gasteiger partial charge is 0.393 e. The van der Waals surface area contributed by atoms with Gasteiger partial charge in [0.2, 0.25) is 0 Å². The lowest BCUT2D eigenvalue weighted by molar-refractivity contribution is 0.113. The van der Waals surface area contributed by atoms with Crippen LogP contribution in [0.1, 0.15) is 47.0 Å². The van der Waals surface area contributed by atoms with Gasteiger partial charge in [0.1, 0.15) is 0 Å². The molecule has 3 atom stereocenters. The summed E-state index contributed by atoms with van der Waals surface area (Å²) in [5.41, 5.74) is 0. The van der Waals surface area contributed by atoms with E-state index in [0.29, 0.717) is 6.04 Å². The second kappa shape index (κ2) is 8.37. The fourth-order valence-electron chi connectivity index (χ4n) is 1.99. The third-order valence-corrected chi connectivity index (χ3v) is 3.40. The van der Waals surface area contributed by atoms with Crippen LogP contribution in [0, 0.1) is 0 Å². The molecule has 3 heteroatoms. The van der Waals surface area contributed by atoms with Gasteiger partial charge < -0.3 is 10.0 Å². The summed E-state index contributed by atoms with van der Waals surface area (Å²) in [6.45, 7) is 10.3. The van der Waals surface area contributed by atoms with Crippen LogP contribution in [-0.4, -0.2) is 40.6 Å². The highest BCUT2D eigenvalue weighted by molar-refractivity contribution is 6.20. The SMILES string of the molecule is CCC(Cl)CC(CC(C)O)N(CC)CC. The van der Waals surface area contributed by atoms with E-state index in [1.54, 1.807) is 0 Å². The number of hydrogen-bond donors (Lipinski definition) is 1. The van der Waals surface area contributed by atoms with Gasteiger partial charge in [-0.2, -0.15) is 0 Å². The summed E-state index contributed by atoms with van der Waals surface area (Å²) >= 11 is 6.19. The molecule has 3 unspecified atom stereocenters. The number of halogens is 1. The lowest BCUT2D eigenvalue weighted by atomic mass is 10.0. The summed E-state index contributed by atoms with van der Waals surface area (Å²) in [6.07, 6.45) is 2.56. The molecule has 0 aromatic carbocycles. The molecule has 0 heterocycles. The fraction of sp³-hybridized carbons (Fsp3) is 1.00. The van der Waals surface area contributed by atoms with Crippen molar-refractivity contribution in [2.75, 3.05) is 13.1 Å². The zero-order valence-electron chi connectivity index (χ0n) is 10.5. The Hall–Kier alpha value is 0.210. The van der Waals surface area contributed by atoms with E-state index in [2.05, 4.69) is 25.7 Å². The van der Waals surface area contributed by atoms with Gasteiger partial charge in [0.05, 0.1) is 6.10 Å². The highest BCUT2D eigenvalue weighted by Gasteiger charge is 2.20. The van der Waals surface area contributed by atoms with Gasteiger partial charge in [-0.25, -0.2) is 0 Å². The minimum absolute atomic E-state index is 0.231. The van der Waals surface area contributed by atoms with E-state index in [4.69, 9.17) is 11.6 Å². The van der Waals surface area contributed by atoms with E-state index in [0.717, 1.165) is 32.4 Å². The normalized spacial score (nSPS) is 17.8. The average Bonchev–Trinajstić information content (AvgIpc) is 2.18. The summed E-state index contributed by atoms with van der Waals surface area (Å²) in [5, 5.41) is 9.71. The Morgan fingerprint density at radius 2 is 1.67 bits per heavy atom. The quantitative estimate of drug-likeness (QED) is 0.654. The van der Waals surface area contributed by atoms with Gasteiger partial charge in [0.15, 0.2) is 0 Å². The summed E-state index contributed by atoms with van der Waals surface area (Å²) in [4.78, 5) is 2.39. The van der Waals surface area contributed by atoms with E-state index < -0.39 is 0 Å². The van der Waals surface area contributed by atoms with Crippen LogP contribution in [0.25, 0.3) is 0 Å². The number of alkyl halides is 1. The molecule has 0 amide bonds. The molecule has 0 rings (SSSR count).